The minimum atomic E-state index is -0.0375. The summed E-state index contributed by atoms with van der Waals surface area (Å²) in [4.78, 5) is 16.8. The highest BCUT2D eigenvalue weighted by Crippen LogP contribution is 2.15. The van der Waals surface area contributed by atoms with Crippen molar-refractivity contribution < 1.29 is 9.32 Å². The number of benzene rings is 1. The fourth-order valence-electron chi connectivity index (χ4n) is 1.34. The van der Waals surface area contributed by atoms with Crippen LogP contribution in [-0.2, 0) is 11.3 Å². The van der Waals surface area contributed by atoms with Crippen LogP contribution in [0.5, 0.6) is 0 Å². The Labute approximate surface area is 99.1 Å². The molecule has 1 amide bonds. The molecular weight excluding hydrogens is 218 g/mol. The number of rotatable bonds is 3. The minimum Gasteiger partial charge on any atom is -0.337 e. The van der Waals surface area contributed by atoms with Crippen LogP contribution in [-0.4, -0.2) is 28.0 Å². The van der Waals surface area contributed by atoms with Crippen molar-refractivity contribution in [3.8, 4) is 11.4 Å². The van der Waals surface area contributed by atoms with Crippen molar-refractivity contribution in [1.29, 1.82) is 0 Å². The van der Waals surface area contributed by atoms with E-state index in [2.05, 4.69) is 10.1 Å². The first kappa shape index (κ1) is 11.3. The molecule has 0 fully saturated rings. The average molecular weight is 231 g/mol. The molecule has 0 aliphatic rings. The number of hydrogen-bond donors (Lipinski definition) is 0. The molecule has 0 saturated heterocycles. The summed E-state index contributed by atoms with van der Waals surface area (Å²) in [6.45, 7) is 1.82. The van der Waals surface area contributed by atoms with E-state index < -0.39 is 0 Å². The fraction of sp³-hybridized carbons (Fsp3) is 0.250. The maximum atomic E-state index is 11.1. The lowest BCUT2D eigenvalue weighted by Gasteiger charge is -2.10. The Hall–Kier alpha value is -2.17. The molecule has 0 N–H and O–H groups in total. The Bertz CT molecular complexity index is 507. The monoisotopic (exact) mass is 231 g/mol. The zero-order chi connectivity index (χ0) is 12.3. The zero-order valence-corrected chi connectivity index (χ0v) is 9.75. The van der Waals surface area contributed by atoms with Gasteiger partial charge in [-0.15, -0.1) is 0 Å². The molecule has 17 heavy (non-hydrogen) atoms. The van der Waals surface area contributed by atoms with Crippen LogP contribution in [0.2, 0.25) is 0 Å². The van der Waals surface area contributed by atoms with E-state index in [1.807, 2.05) is 30.3 Å². The van der Waals surface area contributed by atoms with Crippen LogP contribution < -0.4 is 0 Å². The molecule has 0 unspecified atom stereocenters. The standard InChI is InChI=1S/C12H13N3O2/c1-9(16)15(2)8-11-13-12(14-17-11)10-6-4-3-5-7-10/h3-7H,8H2,1-2H3. The number of carbonyl (C=O) groups excluding carboxylic acids is 1. The Kier molecular flexibility index (Phi) is 3.18. The van der Waals surface area contributed by atoms with Gasteiger partial charge in [0.25, 0.3) is 0 Å². The Balaban J connectivity index is 2.14. The quantitative estimate of drug-likeness (QED) is 0.806. The predicted molar refractivity (Wildman–Crippen MR) is 61.9 cm³/mol. The number of nitrogens with zero attached hydrogens (tertiary/aromatic N) is 3. The highest BCUT2D eigenvalue weighted by atomic mass is 16.5. The van der Waals surface area contributed by atoms with Gasteiger partial charge in [-0.3, -0.25) is 4.79 Å². The average Bonchev–Trinajstić information content (AvgIpc) is 2.78. The molecule has 0 aliphatic carbocycles. The summed E-state index contributed by atoms with van der Waals surface area (Å²) < 4.78 is 5.08. The van der Waals surface area contributed by atoms with E-state index in [1.54, 1.807) is 7.05 Å². The van der Waals surface area contributed by atoms with Crippen molar-refractivity contribution in [2.24, 2.45) is 0 Å². The van der Waals surface area contributed by atoms with Crippen molar-refractivity contribution in [3.05, 3.63) is 36.2 Å². The van der Waals surface area contributed by atoms with E-state index in [9.17, 15) is 4.79 Å². The van der Waals surface area contributed by atoms with Gasteiger partial charge in [-0.1, -0.05) is 35.5 Å². The molecule has 0 aliphatic heterocycles. The smallest absolute Gasteiger partial charge is 0.246 e. The maximum Gasteiger partial charge on any atom is 0.246 e. The van der Waals surface area contributed by atoms with Crippen molar-refractivity contribution in [3.63, 3.8) is 0 Å². The van der Waals surface area contributed by atoms with Gasteiger partial charge >= 0.3 is 0 Å². The first-order valence-electron chi connectivity index (χ1n) is 5.26. The van der Waals surface area contributed by atoms with Crippen molar-refractivity contribution in [2.75, 3.05) is 7.05 Å². The predicted octanol–water partition coefficient (Wildman–Crippen LogP) is 1.71. The van der Waals surface area contributed by atoms with Crippen LogP contribution in [0.3, 0.4) is 0 Å². The van der Waals surface area contributed by atoms with Gasteiger partial charge < -0.3 is 9.42 Å². The van der Waals surface area contributed by atoms with Gasteiger partial charge in [-0.2, -0.15) is 4.98 Å². The minimum absolute atomic E-state index is 0.0375. The Morgan fingerprint density at radius 3 is 2.71 bits per heavy atom. The molecule has 5 heteroatoms. The van der Waals surface area contributed by atoms with Gasteiger partial charge in [-0.05, 0) is 0 Å². The molecule has 1 aromatic heterocycles. The van der Waals surface area contributed by atoms with E-state index >= 15 is 0 Å². The summed E-state index contributed by atoms with van der Waals surface area (Å²) in [5.41, 5.74) is 0.896. The van der Waals surface area contributed by atoms with Gasteiger partial charge in [0.1, 0.15) is 0 Å². The summed E-state index contributed by atoms with van der Waals surface area (Å²) >= 11 is 0. The largest absolute Gasteiger partial charge is 0.337 e. The first-order chi connectivity index (χ1) is 8.16. The van der Waals surface area contributed by atoms with Crippen molar-refractivity contribution in [1.82, 2.24) is 15.0 Å². The van der Waals surface area contributed by atoms with Crippen LogP contribution in [0.4, 0.5) is 0 Å². The molecule has 0 saturated carbocycles. The van der Waals surface area contributed by atoms with E-state index in [0.29, 0.717) is 18.3 Å². The van der Waals surface area contributed by atoms with Gasteiger partial charge in [0.2, 0.25) is 17.6 Å². The molecule has 88 valence electrons. The highest BCUT2D eigenvalue weighted by Gasteiger charge is 2.11. The third-order valence-corrected chi connectivity index (χ3v) is 2.41. The first-order valence-corrected chi connectivity index (χ1v) is 5.26. The van der Waals surface area contributed by atoms with Crippen LogP contribution in [0.25, 0.3) is 11.4 Å². The van der Waals surface area contributed by atoms with Crippen LogP contribution >= 0.6 is 0 Å². The number of hydrogen-bond acceptors (Lipinski definition) is 4. The highest BCUT2D eigenvalue weighted by molar-refractivity contribution is 5.72. The summed E-state index contributed by atoms with van der Waals surface area (Å²) in [6.07, 6.45) is 0. The van der Waals surface area contributed by atoms with Gasteiger partial charge in [-0.25, -0.2) is 0 Å². The van der Waals surface area contributed by atoms with Crippen LogP contribution in [0, 0.1) is 0 Å². The number of carbonyl (C=O) groups is 1. The molecule has 1 heterocycles. The molecule has 0 bridgehead atoms. The molecule has 5 nitrogen and oxygen atoms in total. The van der Waals surface area contributed by atoms with Crippen LogP contribution in [0.1, 0.15) is 12.8 Å². The van der Waals surface area contributed by atoms with Gasteiger partial charge in [0.15, 0.2) is 0 Å². The molecular formula is C12H13N3O2. The third-order valence-electron chi connectivity index (χ3n) is 2.41. The summed E-state index contributed by atoms with van der Waals surface area (Å²) in [5.74, 6) is 0.934. The summed E-state index contributed by atoms with van der Waals surface area (Å²) in [7, 11) is 1.69. The Morgan fingerprint density at radius 1 is 1.35 bits per heavy atom. The molecule has 2 aromatic rings. The van der Waals surface area contributed by atoms with Crippen LogP contribution in [0.15, 0.2) is 34.9 Å². The third kappa shape index (κ3) is 2.69. The zero-order valence-electron chi connectivity index (χ0n) is 9.75. The normalized spacial score (nSPS) is 10.2. The number of amides is 1. The second-order valence-corrected chi connectivity index (χ2v) is 3.75. The second-order valence-electron chi connectivity index (χ2n) is 3.75. The van der Waals surface area contributed by atoms with E-state index in [4.69, 9.17) is 4.52 Å². The molecule has 0 spiro atoms. The molecule has 0 atom stereocenters. The van der Waals surface area contributed by atoms with E-state index in [1.165, 1.54) is 11.8 Å². The molecule has 1 aromatic carbocycles. The lowest BCUT2D eigenvalue weighted by molar-refractivity contribution is -0.128. The van der Waals surface area contributed by atoms with E-state index in [-0.39, 0.29) is 5.91 Å². The lowest BCUT2D eigenvalue weighted by atomic mass is 10.2. The van der Waals surface area contributed by atoms with E-state index in [0.717, 1.165) is 5.56 Å². The number of aromatic nitrogens is 2. The second kappa shape index (κ2) is 4.78. The van der Waals surface area contributed by atoms with Gasteiger partial charge in [0, 0.05) is 19.5 Å². The fourth-order valence-corrected chi connectivity index (χ4v) is 1.34. The SMILES string of the molecule is CC(=O)N(C)Cc1nc(-c2ccccc2)no1. The Morgan fingerprint density at radius 2 is 2.06 bits per heavy atom. The summed E-state index contributed by atoms with van der Waals surface area (Å²) in [5, 5.41) is 3.87. The topological polar surface area (TPSA) is 59.2 Å². The maximum absolute atomic E-state index is 11.1. The lowest BCUT2D eigenvalue weighted by Crippen LogP contribution is -2.23. The summed E-state index contributed by atoms with van der Waals surface area (Å²) in [6, 6.07) is 9.56. The van der Waals surface area contributed by atoms with Crippen molar-refractivity contribution in [2.45, 2.75) is 13.5 Å². The molecule has 2 rings (SSSR count). The van der Waals surface area contributed by atoms with Crippen molar-refractivity contribution >= 4 is 5.91 Å². The molecule has 0 radical (unpaired) electrons. The van der Waals surface area contributed by atoms with Gasteiger partial charge in [0.05, 0.1) is 6.54 Å².